The number of nitrogen functional groups attached to an aromatic ring is 1. The molecule has 0 aliphatic heterocycles. The second-order valence-corrected chi connectivity index (χ2v) is 3.75. The lowest BCUT2D eigenvalue weighted by molar-refractivity contribution is 0.626. The maximum atomic E-state index is 13.2. The van der Waals surface area contributed by atoms with E-state index in [1.165, 1.54) is 16.7 Å². The summed E-state index contributed by atoms with van der Waals surface area (Å²) < 4.78 is 14.6. The lowest BCUT2D eigenvalue weighted by atomic mass is 10.2. The van der Waals surface area contributed by atoms with Gasteiger partial charge in [0.1, 0.15) is 5.82 Å². The Labute approximate surface area is 98.3 Å². The van der Waals surface area contributed by atoms with E-state index in [1.807, 2.05) is 6.92 Å². The average Bonchev–Trinajstić information content (AvgIpc) is 2.32. The predicted molar refractivity (Wildman–Crippen MR) is 65.8 cm³/mol. The van der Waals surface area contributed by atoms with Gasteiger partial charge in [0.05, 0.1) is 11.4 Å². The van der Waals surface area contributed by atoms with Gasteiger partial charge in [-0.3, -0.25) is 9.36 Å². The molecule has 1 aromatic heterocycles. The first-order chi connectivity index (χ1) is 8.13. The minimum absolute atomic E-state index is 0.159. The fourth-order valence-corrected chi connectivity index (χ4v) is 1.77. The summed E-state index contributed by atoms with van der Waals surface area (Å²) in [5.74, 6) is -0.376. The highest BCUT2D eigenvalue weighted by atomic mass is 19.1. The molecule has 0 bridgehead atoms. The maximum absolute atomic E-state index is 13.2. The minimum Gasteiger partial charge on any atom is -0.394 e. The summed E-state index contributed by atoms with van der Waals surface area (Å²) in [7, 11) is 0. The van der Waals surface area contributed by atoms with Gasteiger partial charge in [0.15, 0.2) is 0 Å². The van der Waals surface area contributed by atoms with Crippen molar-refractivity contribution in [2.75, 3.05) is 5.73 Å². The Bertz CT molecular complexity index is 605. The first-order valence-corrected chi connectivity index (χ1v) is 5.40. The van der Waals surface area contributed by atoms with E-state index in [0.717, 1.165) is 5.69 Å². The fourth-order valence-electron chi connectivity index (χ4n) is 1.77. The van der Waals surface area contributed by atoms with Gasteiger partial charge in [-0.25, -0.2) is 4.39 Å². The van der Waals surface area contributed by atoms with Crippen LogP contribution in [0.25, 0.3) is 5.69 Å². The van der Waals surface area contributed by atoms with Gasteiger partial charge in [0.2, 0.25) is 0 Å². The van der Waals surface area contributed by atoms with Crippen molar-refractivity contribution in [1.29, 1.82) is 0 Å². The Morgan fingerprint density at radius 1 is 1.29 bits per heavy atom. The first kappa shape index (κ1) is 11.4. The molecule has 88 valence electrons. The van der Waals surface area contributed by atoms with Crippen molar-refractivity contribution >= 4 is 5.69 Å². The smallest absolute Gasteiger partial charge is 0.278 e. The maximum Gasteiger partial charge on any atom is 0.278 e. The molecule has 1 heterocycles. The third kappa shape index (κ3) is 2.06. The summed E-state index contributed by atoms with van der Waals surface area (Å²) in [5.41, 5.74) is 6.74. The highest BCUT2D eigenvalue weighted by Crippen LogP contribution is 2.12. The van der Waals surface area contributed by atoms with Crippen LogP contribution in [0.4, 0.5) is 10.1 Å². The van der Waals surface area contributed by atoms with E-state index in [0.29, 0.717) is 12.1 Å². The normalized spacial score (nSPS) is 10.5. The molecule has 1 aromatic carbocycles. The van der Waals surface area contributed by atoms with Gasteiger partial charge in [-0.15, -0.1) is 0 Å². The summed E-state index contributed by atoms with van der Waals surface area (Å²) in [6.45, 7) is 1.93. The Morgan fingerprint density at radius 2 is 2.06 bits per heavy atom. The van der Waals surface area contributed by atoms with Gasteiger partial charge < -0.3 is 5.73 Å². The number of pyridine rings is 1. The molecule has 0 radical (unpaired) electrons. The molecule has 0 unspecified atom stereocenters. The average molecular weight is 232 g/mol. The Morgan fingerprint density at radius 3 is 2.71 bits per heavy atom. The molecule has 0 spiro atoms. The molecular formula is C13H13FN2O. The van der Waals surface area contributed by atoms with Gasteiger partial charge in [-0.2, -0.15) is 0 Å². The van der Waals surface area contributed by atoms with Gasteiger partial charge in [0.25, 0.3) is 5.56 Å². The number of aromatic nitrogens is 1. The van der Waals surface area contributed by atoms with Crippen LogP contribution in [0.15, 0.2) is 41.2 Å². The summed E-state index contributed by atoms with van der Waals surface area (Å²) >= 11 is 0. The van der Waals surface area contributed by atoms with Gasteiger partial charge in [-0.1, -0.05) is 13.0 Å². The first-order valence-electron chi connectivity index (χ1n) is 5.40. The third-order valence-electron chi connectivity index (χ3n) is 2.62. The quantitative estimate of drug-likeness (QED) is 0.862. The van der Waals surface area contributed by atoms with Crippen molar-refractivity contribution in [3.63, 3.8) is 0 Å². The molecule has 3 nitrogen and oxygen atoms in total. The molecule has 0 saturated carbocycles. The zero-order chi connectivity index (χ0) is 12.4. The highest BCUT2D eigenvalue weighted by Gasteiger charge is 2.08. The third-order valence-corrected chi connectivity index (χ3v) is 2.62. The van der Waals surface area contributed by atoms with Crippen LogP contribution in [-0.2, 0) is 6.42 Å². The summed E-state index contributed by atoms with van der Waals surface area (Å²) in [4.78, 5) is 12.0. The molecular weight excluding hydrogens is 219 g/mol. The number of hydrogen-bond acceptors (Lipinski definition) is 2. The number of halogens is 1. The van der Waals surface area contributed by atoms with E-state index >= 15 is 0 Å². The largest absolute Gasteiger partial charge is 0.394 e. The van der Waals surface area contributed by atoms with Crippen LogP contribution in [0.1, 0.15) is 12.6 Å². The number of hydrogen-bond donors (Lipinski definition) is 1. The van der Waals surface area contributed by atoms with Crippen LogP contribution in [0.5, 0.6) is 0 Å². The van der Waals surface area contributed by atoms with E-state index in [9.17, 15) is 9.18 Å². The molecule has 4 heteroatoms. The molecule has 0 aliphatic rings. The minimum atomic E-state index is -0.376. The summed E-state index contributed by atoms with van der Waals surface area (Å²) in [6.07, 6.45) is 0.673. The summed E-state index contributed by atoms with van der Waals surface area (Å²) in [5, 5.41) is 0. The number of benzene rings is 1. The molecule has 0 atom stereocenters. The van der Waals surface area contributed by atoms with Crippen molar-refractivity contribution < 1.29 is 4.39 Å². The van der Waals surface area contributed by atoms with Crippen molar-refractivity contribution in [3.05, 3.63) is 58.3 Å². The number of nitrogens with two attached hydrogens (primary N) is 1. The van der Waals surface area contributed by atoms with Gasteiger partial charge in [-0.05, 0) is 36.8 Å². The van der Waals surface area contributed by atoms with E-state index < -0.39 is 0 Å². The van der Waals surface area contributed by atoms with Crippen molar-refractivity contribution in [1.82, 2.24) is 4.57 Å². The molecule has 2 aromatic rings. The lowest BCUT2D eigenvalue weighted by Gasteiger charge is -2.12. The van der Waals surface area contributed by atoms with Gasteiger partial charge in [0, 0.05) is 5.69 Å². The molecule has 17 heavy (non-hydrogen) atoms. The van der Waals surface area contributed by atoms with Crippen molar-refractivity contribution in [2.45, 2.75) is 13.3 Å². The van der Waals surface area contributed by atoms with E-state index in [-0.39, 0.29) is 17.1 Å². The number of anilines is 1. The van der Waals surface area contributed by atoms with Crippen LogP contribution < -0.4 is 11.3 Å². The molecule has 0 fully saturated rings. The van der Waals surface area contributed by atoms with Gasteiger partial charge >= 0.3 is 0 Å². The zero-order valence-electron chi connectivity index (χ0n) is 9.48. The topological polar surface area (TPSA) is 48.0 Å². The van der Waals surface area contributed by atoms with Crippen molar-refractivity contribution in [2.24, 2.45) is 0 Å². The molecule has 0 aliphatic carbocycles. The second-order valence-electron chi connectivity index (χ2n) is 3.75. The predicted octanol–water partition coefficient (Wildman–Crippen LogP) is 2.12. The van der Waals surface area contributed by atoms with Crippen LogP contribution in [0.3, 0.4) is 0 Å². The highest BCUT2D eigenvalue weighted by molar-refractivity contribution is 5.42. The lowest BCUT2D eigenvalue weighted by Crippen LogP contribution is -2.24. The zero-order valence-corrected chi connectivity index (χ0v) is 9.48. The van der Waals surface area contributed by atoms with Crippen LogP contribution in [0.2, 0.25) is 0 Å². The SMILES string of the molecule is CCc1ccc(N)c(=O)n1-c1cccc(F)c1. The number of nitrogens with zero attached hydrogens (tertiary/aromatic N) is 1. The molecule has 2 N–H and O–H groups in total. The standard InChI is InChI=1S/C13H13FN2O/c1-2-10-6-7-12(15)13(17)16(10)11-5-3-4-9(14)8-11/h3-8H,2,15H2,1H3. The molecule has 2 rings (SSSR count). The fraction of sp³-hybridized carbons (Fsp3) is 0.154. The Hall–Kier alpha value is -2.10. The van der Waals surface area contributed by atoms with Crippen LogP contribution in [0, 0.1) is 5.82 Å². The second kappa shape index (κ2) is 4.41. The van der Waals surface area contributed by atoms with Crippen molar-refractivity contribution in [3.8, 4) is 5.69 Å². The number of aryl methyl sites for hydroxylation is 1. The number of rotatable bonds is 2. The Kier molecular flexibility index (Phi) is 2.95. The summed E-state index contributed by atoms with van der Waals surface area (Å²) in [6, 6.07) is 9.27. The van der Waals surface area contributed by atoms with Crippen LogP contribution >= 0.6 is 0 Å². The van der Waals surface area contributed by atoms with E-state index in [2.05, 4.69) is 0 Å². The monoisotopic (exact) mass is 232 g/mol. The molecule has 0 amide bonds. The van der Waals surface area contributed by atoms with E-state index in [4.69, 9.17) is 5.73 Å². The molecule has 0 saturated heterocycles. The van der Waals surface area contributed by atoms with Crippen LogP contribution in [-0.4, -0.2) is 4.57 Å². The Balaban J connectivity index is 2.74. The van der Waals surface area contributed by atoms with E-state index in [1.54, 1.807) is 24.3 Å².